The number of benzene rings is 1. The van der Waals surface area contributed by atoms with Crippen LogP contribution in [0.3, 0.4) is 0 Å². The van der Waals surface area contributed by atoms with Gasteiger partial charge in [0.05, 0.1) is 24.3 Å². The number of urea groups is 1. The first-order valence-electron chi connectivity index (χ1n) is 6.63. The average molecular weight is 274 g/mol. The van der Waals surface area contributed by atoms with Crippen molar-refractivity contribution in [2.24, 2.45) is 5.92 Å². The van der Waals surface area contributed by atoms with Crippen LogP contribution in [-0.2, 0) is 9.53 Å². The number of hydrogen-bond donors (Lipinski definition) is 1. The largest absolute Gasteiger partial charge is 0.466 e. The number of carbonyl (C=O) groups excluding carboxylic acids is 2. The van der Waals surface area contributed by atoms with Gasteiger partial charge in [0.15, 0.2) is 0 Å². The maximum absolute atomic E-state index is 12.1. The summed E-state index contributed by atoms with van der Waals surface area (Å²) in [5.41, 5.74) is 0.781. The number of esters is 1. The molecule has 0 saturated carbocycles. The van der Waals surface area contributed by atoms with Crippen LogP contribution in [0.5, 0.6) is 0 Å². The van der Waals surface area contributed by atoms with Gasteiger partial charge in [0.2, 0.25) is 0 Å². The minimum absolute atomic E-state index is 0.250. The van der Waals surface area contributed by atoms with E-state index >= 15 is 0 Å². The van der Waals surface area contributed by atoms with Crippen molar-refractivity contribution in [1.82, 2.24) is 5.32 Å². The van der Waals surface area contributed by atoms with Crippen LogP contribution in [0.1, 0.15) is 13.8 Å². The van der Waals surface area contributed by atoms with E-state index in [1.807, 2.05) is 30.3 Å². The van der Waals surface area contributed by atoms with Crippen LogP contribution in [0.15, 0.2) is 42.6 Å². The van der Waals surface area contributed by atoms with Crippen molar-refractivity contribution in [3.63, 3.8) is 0 Å². The van der Waals surface area contributed by atoms with Gasteiger partial charge in [-0.2, -0.15) is 0 Å². The highest BCUT2D eigenvalue weighted by molar-refractivity contribution is 5.95. The molecule has 0 fully saturated rings. The van der Waals surface area contributed by atoms with Gasteiger partial charge in [-0.05, 0) is 32.1 Å². The normalized spacial score (nSPS) is 19.4. The fraction of sp³-hybridized carbons (Fsp3) is 0.333. The fourth-order valence-corrected chi connectivity index (χ4v) is 2.01. The Hall–Kier alpha value is -2.30. The van der Waals surface area contributed by atoms with Crippen molar-refractivity contribution < 1.29 is 14.3 Å². The maximum atomic E-state index is 12.1. The van der Waals surface area contributed by atoms with Crippen molar-refractivity contribution in [3.8, 4) is 0 Å². The van der Waals surface area contributed by atoms with Gasteiger partial charge in [-0.25, -0.2) is 4.79 Å². The van der Waals surface area contributed by atoms with E-state index in [0.29, 0.717) is 6.61 Å². The highest BCUT2D eigenvalue weighted by Gasteiger charge is 2.29. The number of rotatable bonds is 4. The molecule has 1 aliphatic heterocycles. The topological polar surface area (TPSA) is 58.6 Å². The molecule has 2 unspecified atom stereocenters. The molecule has 0 aliphatic carbocycles. The van der Waals surface area contributed by atoms with E-state index in [1.165, 1.54) is 4.90 Å². The molecule has 1 N–H and O–H groups in total. The van der Waals surface area contributed by atoms with E-state index in [4.69, 9.17) is 4.74 Å². The quantitative estimate of drug-likeness (QED) is 0.857. The number of hydrogen-bond acceptors (Lipinski definition) is 3. The summed E-state index contributed by atoms with van der Waals surface area (Å²) in [5, 5.41) is 2.80. The summed E-state index contributed by atoms with van der Waals surface area (Å²) in [7, 11) is 0. The molecule has 0 bridgehead atoms. The Kier molecular flexibility index (Phi) is 4.40. The lowest BCUT2D eigenvalue weighted by molar-refractivity contribution is -0.147. The number of nitrogens with zero attached hydrogens (tertiary/aromatic N) is 1. The maximum Gasteiger partial charge on any atom is 0.326 e. The van der Waals surface area contributed by atoms with E-state index in [0.717, 1.165) is 5.69 Å². The Morgan fingerprint density at radius 3 is 2.70 bits per heavy atom. The van der Waals surface area contributed by atoms with Crippen LogP contribution in [0, 0.1) is 5.92 Å². The smallest absolute Gasteiger partial charge is 0.326 e. The molecule has 0 radical (unpaired) electrons. The summed E-state index contributed by atoms with van der Waals surface area (Å²) in [6.07, 6.45) is 3.49. The number of para-hydroxylation sites is 1. The Bertz CT molecular complexity index is 513. The third kappa shape index (κ3) is 2.99. The van der Waals surface area contributed by atoms with Crippen molar-refractivity contribution in [3.05, 3.63) is 42.6 Å². The second-order valence-electron chi connectivity index (χ2n) is 4.56. The fourth-order valence-electron chi connectivity index (χ4n) is 2.01. The van der Waals surface area contributed by atoms with Gasteiger partial charge in [-0.15, -0.1) is 0 Å². The van der Waals surface area contributed by atoms with E-state index in [1.54, 1.807) is 26.1 Å². The average Bonchev–Trinajstić information content (AvgIpc) is 2.47. The predicted molar refractivity (Wildman–Crippen MR) is 76.2 cm³/mol. The molecule has 2 amide bonds. The molecule has 5 nitrogen and oxygen atoms in total. The highest BCUT2D eigenvalue weighted by Crippen LogP contribution is 2.19. The predicted octanol–water partition coefficient (Wildman–Crippen LogP) is 2.30. The van der Waals surface area contributed by atoms with Gasteiger partial charge in [0.1, 0.15) is 0 Å². The van der Waals surface area contributed by atoms with Gasteiger partial charge in [0, 0.05) is 6.20 Å². The number of carbonyl (C=O) groups is 2. The number of nitrogens with one attached hydrogen (secondary N) is 1. The third-order valence-electron chi connectivity index (χ3n) is 3.18. The second-order valence-corrected chi connectivity index (χ2v) is 4.56. The standard InChI is InChI=1S/C15H18N2O3/c1-3-20-14(18)11(2)13-9-10-17(15(19)16-13)12-7-5-4-6-8-12/h4-11,13H,3H2,1-2H3,(H,16,19). The Balaban J connectivity index is 2.10. The molecular formula is C15H18N2O3. The van der Waals surface area contributed by atoms with Crippen LogP contribution in [0.25, 0.3) is 0 Å². The summed E-state index contributed by atoms with van der Waals surface area (Å²) in [6.45, 7) is 3.84. The minimum atomic E-state index is -0.409. The Morgan fingerprint density at radius 2 is 2.10 bits per heavy atom. The second kappa shape index (κ2) is 6.23. The zero-order valence-corrected chi connectivity index (χ0v) is 11.6. The SMILES string of the molecule is CCOC(=O)C(C)C1C=CN(c2ccccc2)C(=O)N1. The summed E-state index contributed by atoms with van der Waals surface area (Å²) in [6, 6.07) is 8.72. The summed E-state index contributed by atoms with van der Waals surface area (Å²) in [4.78, 5) is 25.3. The zero-order valence-electron chi connectivity index (χ0n) is 11.6. The number of amides is 2. The lowest BCUT2D eigenvalue weighted by Gasteiger charge is -2.29. The summed E-state index contributed by atoms with van der Waals surface area (Å²) >= 11 is 0. The molecule has 5 heteroatoms. The van der Waals surface area contributed by atoms with E-state index in [2.05, 4.69) is 5.32 Å². The molecule has 0 spiro atoms. The van der Waals surface area contributed by atoms with E-state index < -0.39 is 5.92 Å². The van der Waals surface area contributed by atoms with Gasteiger partial charge >= 0.3 is 12.0 Å². The molecule has 0 aromatic heterocycles. The molecule has 2 rings (SSSR count). The van der Waals surface area contributed by atoms with Crippen molar-refractivity contribution in [1.29, 1.82) is 0 Å². The molecule has 1 aliphatic rings. The van der Waals surface area contributed by atoms with E-state index in [-0.39, 0.29) is 18.0 Å². The number of ether oxygens (including phenoxy) is 1. The first-order chi connectivity index (χ1) is 9.63. The van der Waals surface area contributed by atoms with Crippen LogP contribution < -0.4 is 10.2 Å². The van der Waals surface area contributed by atoms with Gasteiger partial charge in [-0.1, -0.05) is 18.2 Å². The zero-order chi connectivity index (χ0) is 14.5. The summed E-state index contributed by atoms with van der Waals surface area (Å²) in [5.74, 6) is -0.719. The van der Waals surface area contributed by atoms with Gasteiger partial charge in [0.25, 0.3) is 0 Å². The first kappa shape index (κ1) is 14.1. The number of anilines is 1. The Morgan fingerprint density at radius 1 is 1.40 bits per heavy atom. The summed E-state index contributed by atoms with van der Waals surface area (Å²) < 4.78 is 4.97. The first-order valence-corrected chi connectivity index (χ1v) is 6.63. The Labute approximate surface area is 118 Å². The molecule has 2 atom stereocenters. The van der Waals surface area contributed by atoms with Crippen molar-refractivity contribution >= 4 is 17.7 Å². The monoisotopic (exact) mass is 274 g/mol. The van der Waals surface area contributed by atoms with Crippen LogP contribution in [0.2, 0.25) is 0 Å². The van der Waals surface area contributed by atoms with Gasteiger partial charge in [-0.3, -0.25) is 9.69 Å². The molecule has 20 heavy (non-hydrogen) atoms. The van der Waals surface area contributed by atoms with Crippen molar-refractivity contribution in [2.45, 2.75) is 19.9 Å². The van der Waals surface area contributed by atoms with Crippen LogP contribution in [0.4, 0.5) is 10.5 Å². The molecule has 1 heterocycles. The molecule has 1 aromatic rings. The lowest BCUT2D eigenvalue weighted by Crippen LogP contribution is -2.49. The lowest BCUT2D eigenvalue weighted by atomic mass is 10.0. The van der Waals surface area contributed by atoms with Crippen LogP contribution in [-0.4, -0.2) is 24.6 Å². The minimum Gasteiger partial charge on any atom is -0.466 e. The third-order valence-corrected chi connectivity index (χ3v) is 3.18. The van der Waals surface area contributed by atoms with Gasteiger partial charge < -0.3 is 10.1 Å². The molecule has 106 valence electrons. The highest BCUT2D eigenvalue weighted by atomic mass is 16.5. The molecular weight excluding hydrogens is 256 g/mol. The molecule has 0 saturated heterocycles. The van der Waals surface area contributed by atoms with Crippen molar-refractivity contribution in [2.75, 3.05) is 11.5 Å². The van der Waals surface area contributed by atoms with E-state index in [9.17, 15) is 9.59 Å². The van der Waals surface area contributed by atoms with Crippen LogP contribution >= 0.6 is 0 Å². The molecule has 1 aromatic carbocycles.